The van der Waals surface area contributed by atoms with Crippen LogP contribution >= 0.6 is 0 Å². The van der Waals surface area contributed by atoms with Gasteiger partial charge in [-0.25, -0.2) is 9.78 Å². The minimum Gasteiger partial charge on any atom is -0.465 e. The van der Waals surface area contributed by atoms with Crippen molar-refractivity contribution in [3.63, 3.8) is 0 Å². The summed E-state index contributed by atoms with van der Waals surface area (Å²) in [6, 6.07) is 10.0. The Balaban J connectivity index is 1.54. The lowest BCUT2D eigenvalue weighted by Gasteiger charge is -2.30. The third-order valence-electron chi connectivity index (χ3n) is 6.98. The standard InChI is InChI=1S/C25H30N6O3/c1-16-4-2-3-5-20(16)21-14-17-15-27-24(28-18-8-12-30(13-9-18)25(33)34)29-22(17)31(23(21)32)19-6-10-26-11-7-19/h2-5,14-15,18-19,26H,6-13H2,1H3,(H,33,34)(H,27,28,29). The summed E-state index contributed by atoms with van der Waals surface area (Å²) in [6.45, 7) is 4.73. The zero-order chi connectivity index (χ0) is 23.7. The van der Waals surface area contributed by atoms with Crippen molar-refractivity contribution < 1.29 is 9.90 Å². The van der Waals surface area contributed by atoms with Gasteiger partial charge in [0, 0.05) is 42.3 Å². The van der Waals surface area contributed by atoms with Gasteiger partial charge in [0.15, 0.2) is 0 Å². The SMILES string of the molecule is Cc1ccccc1-c1cc2cnc(NC3CCN(C(=O)O)CC3)nc2n(C2CCNCC2)c1=O. The van der Waals surface area contributed by atoms with Gasteiger partial charge in [-0.2, -0.15) is 4.98 Å². The van der Waals surface area contributed by atoms with Crippen LogP contribution in [-0.2, 0) is 0 Å². The molecule has 9 heteroatoms. The fraction of sp³-hybridized carbons (Fsp3) is 0.440. The van der Waals surface area contributed by atoms with Crippen molar-refractivity contribution in [3.05, 3.63) is 52.4 Å². The summed E-state index contributed by atoms with van der Waals surface area (Å²) in [7, 11) is 0. The molecule has 0 saturated carbocycles. The Kier molecular flexibility index (Phi) is 6.19. The highest BCUT2D eigenvalue weighted by Crippen LogP contribution is 2.28. The van der Waals surface area contributed by atoms with Crippen LogP contribution in [0, 0.1) is 6.92 Å². The minimum absolute atomic E-state index is 0.0203. The van der Waals surface area contributed by atoms with Gasteiger partial charge in [0.05, 0.1) is 0 Å². The number of piperidine rings is 2. The summed E-state index contributed by atoms with van der Waals surface area (Å²) in [5.41, 5.74) is 3.30. The lowest BCUT2D eigenvalue weighted by atomic mass is 9.99. The Morgan fingerprint density at radius 1 is 1.12 bits per heavy atom. The van der Waals surface area contributed by atoms with Gasteiger partial charge in [0.25, 0.3) is 5.56 Å². The second-order valence-corrected chi connectivity index (χ2v) is 9.19. The third-order valence-corrected chi connectivity index (χ3v) is 6.98. The maximum absolute atomic E-state index is 13.8. The number of aromatic nitrogens is 3. The van der Waals surface area contributed by atoms with Crippen LogP contribution < -0.4 is 16.2 Å². The molecule has 0 radical (unpaired) electrons. The molecule has 0 atom stereocenters. The lowest BCUT2D eigenvalue weighted by molar-refractivity contribution is 0.133. The highest BCUT2D eigenvalue weighted by molar-refractivity contribution is 5.82. The van der Waals surface area contributed by atoms with E-state index in [1.807, 2.05) is 41.8 Å². The van der Waals surface area contributed by atoms with Gasteiger partial charge >= 0.3 is 6.09 Å². The molecule has 2 aliphatic rings. The number of likely N-dealkylation sites (tertiary alicyclic amines) is 1. The molecule has 4 heterocycles. The van der Waals surface area contributed by atoms with Gasteiger partial charge in [0.1, 0.15) is 5.65 Å². The van der Waals surface area contributed by atoms with Gasteiger partial charge in [0.2, 0.25) is 5.95 Å². The van der Waals surface area contributed by atoms with Gasteiger partial charge < -0.3 is 20.6 Å². The quantitative estimate of drug-likeness (QED) is 0.546. The molecular weight excluding hydrogens is 432 g/mol. The average molecular weight is 463 g/mol. The summed E-state index contributed by atoms with van der Waals surface area (Å²) in [4.78, 5) is 35.8. The maximum Gasteiger partial charge on any atom is 0.407 e. The number of carboxylic acid groups (broad SMARTS) is 1. The van der Waals surface area contributed by atoms with Crippen molar-refractivity contribution in [1.29, 1.82) is 0 Å². The molecule has 0 spiro atoms. The first-order valence-corrected chi connectivity index (χ1v) is 11.9. The van der Waals surface area contributed by atoms with E-state index in [9.17, 15) is 14.7 Å². The van der Waals surface area contributed by atoms with Crippen molar-refractivity contribution in [2.45, 2.75) is 44.7 Å². The molecule has 2 fully saturated rings. The van der Waals surface area contributed by atoms with Gasteiger partial charge in [-0.3, -0.25) is 9.36 Å². The van der Waals surface area contributed by atoms with Crippen LogP contribution in [0.4, 0.5) is 10.7 Å². The Labute approximate surface area is 197 Å². The predicted molar refractivity (Wildman–Crippen MR) is 131 cm³/mol. The Hall–Kier alpha value is -3.46. The van der Waals surface area contributed by atoms with Crippen molar-refractivity contribution >= 4 is 23.1 Å². The van der Waals surface area contributed by atoms with E-state index in [2.05, 4.69) is 15.6 Å². The number of carbonyl (C=O) groups is 1. The first-order valence-electron chi connectivity index (χ1n) is 11.9. The van der Waals surface area contributed by atoms with Crippen molar-refractivity contribution in [3.8, 4) is 11.1 Å². The number of rotatable bonds is 4. The van der Waals surface area contributed by atoms with Crippen LogP contribution in [-0.4, -0.2) is 62.9 Å². The van der Waals surface area contributed by atoms with E-state index in [1.54, 1.807) is 6.20 Å². The smallest absolute Gasteiger partial charge is 0.407 e. The van der Waals surface area contributed by atoms with Crippen LogP contribution in [0.3, 0.4) is 0 Å². The van der Waals surface area contributed by atoms with Crippen molar-refractivity contribution in [1.82, 2.24) is 24.8 Å². The normalized spacial score (nSPS) is 17.7. The number of anilines is 1. The number of pyridine rings is 1. The first-order chi connectivity index (χ1) is 16.5. The molecule has 0 bridgehead atoms. The molecule has 3 aromatic rings. The fourth-order valence-electron chi connectivity index (χ4n) is 5.06. The molecule has 34 heavy (non-hydrogen) atoms. The number of hydrogen-bond acceptors (Lipinski definition) is 6. The molecule has 2 aliphatic heterocycles. The largest absolute Gasteiger partial charge is 0.465 e. The molecule has 1 aromatic carbocycles. The zero-order valence-electron chi connectivity index (χ0n) is 19.3. The Morgan fingerprint density at radius 3 is 2.56 bits per heavy atom. The number of aryl methyl sites for hydroxylation is 1. The van der Waals surface area contributed by atoms with Crippen molar-refractivity contribution in [2.75, 3.05) is 31.5 Å². The maximum atomic E-state index is 13.8. The second kappa shape index (κ2) is 9.42. The molecule has 2 aromatic heterocycles. The average Bonchev–Trinajstić information content (AvgIpc) is 2.85. The van der Waals surface area contributed by atoms with E-state index in [4.69, 9.17) is 4.98 Å². The van der Waals surface area contributed by atoms with Crippen molar-refractivity contribution in [2.24, 2.45) is 0 Å². The Bertz CT molecular complexity index is 1260. The molecule has 3 N–H and O–H groups in total. The van der Waals surface area contributed by atoms with E-state index in [1.165, 1.54) is 4.90 Å². The summed E-state index contributed by atoms with van der Waals surface area (Å²) in [5.74, 6) is 0.479. The zero-order valence-corrected chi connectivity index (χ0v) is 19.3. The fourth-order valence-corrected chi connectivity index (χ4v) is 5.06. The van der Waals surface area contributed by atoms with Crippen LogP contribution in [0.2, 0.25) is 0 Å². The first kappa shape index (κ1) is 22.3. The number of fused-ring (bicyclic) bond motifs is 1. The molecule has 2 saturated heterocycles. The van der Waals surface area contributed by atoms with E-state index in [-0.39, 0.29) is 17.6 Å². The van der Waals surface area contributed by atoms with E-state index >= 15 is 0 Å². The topological polar surface area (TPSA) is 112 Å². The summed E-state index contributed by atoms with van der Waals surface area (Å²) >= 11 is 0. The molecular formula is C25H30N6O3. The second-order valence-electron chi connectivity index (χ2n) is 9.19. The summed E-state index contributed by atoms with van der Waals surface area (Å²) < 4.78 is 1.87. The molecule has 0 unspecified atom stereocenters. The van der Waals surface area contributed by atoms with E-state index in [0.717, 1.165) is 42.4 Å². The highest BCUT2D eigenvalue weighted by Gasteiger charge is 2.25. The summed E-state index contributed by atoms with van der Waals surface area (Å²) in [5, 5.41) is 16.8. The molecule has 0 aliphatic carbocycles. The minimum atomic E-state index is -0.879. The molecule has 5 rings (SSSR count). The number of hydrogen-bond donors (Lipinski definition) is 3. The number of amides is 1. The molecule has 9 nitrogen and oxygen atoms in total. The van der Waals surface area contributed by atoms with Crippen LogP contribution in [0.1, 0.15) is 37.3 Å². The molecule has 178 valence electrons. The van der Waals surface area contributed by atoms with Gasteiger partial charge in [-0.1, -0.05) is 24.3 Å². The van der Waals surface area contributed by atoms with E-state index in [0.29, 0.717) is 43.1 Å². The third kappa shape index (κ3) is 4.35. The lowest BCUT2D eigenvalue weighted by Crippen LogP contribution is -2.42. The van der Waals surface area contributed by atoms with Crippen LogP contribution in [0.25, 0.3) is 22.2 Å². The number of nitrogens with zero attached hydrogens (tertiary/aromatic N) is 4. The molecule has 1 amide bonds. The number of nitrogens with one attached hydrogen (secondary N) is 2. The van der Waals surface area contributed by atoms with Crippen LogP contribution in [0.5, 0.6) is 0 Å². The van der Waals surface area contributed by atoms with Gasteiger partial charge in [-0.05, 0) is 62.9 Å². The highest BCUT2D eigenvalue weighted by atomic mass is 16.4. The van der Waals surface area contributed by atoms with Crippen LogP contribution in [0.15, 0.2) is 41.3 Å². The van der Waals surface area contributed by atoms with E-state index < -0.39 is 6.09 Å². The predicted octanol–water partition coefficient (Wildman–Crippen LogP) is 3.25. The monoisotopic (exact) mass is 462 g/mol. The van der Waals surface area contributed by atoms with Gasteiger partial charge in [-0.15, -0.1) is 0 Å². The number of benzene rings is 1. The summed E-state index contributed by atoms with van der Waals surface area (Å²) in [6.07, 6.45) is 4.04. The Morgan fingerprint density at radius 2 is 1.85 bits per heavy atom.